The summed E-state index contributed by atoms with van der Waals surface area (Å²) in [6.07, 6.45) is -0.362. The van der Waals surface area contributed by atoms with Crippen molar-refractivity contribution in [1.29, 1.82) is 0 Å². The number of hydrogen-bond donors (Lipinski definition) is 2. The van der Waals surface area contributed by atoms with Crippen LogP contribution < -0.4 is 34.5 Å². The summed E-state index contributed by atoms with van der Waals surface area (Å²) < 4.78 is 53.8. The van der Waals surface area contributed by atoms with Gasteiger partial charge in [-0.2, -0.15) is 18.4 Å². The Hall–Kier alpha value is -5.04. The lowest BCUT2D eigenvalue weighted by atomic mass is 10.1. The molecular weight excluding hydrogens is 566 g/mol. The number of nitrogens with zero attached hydrogens (tertiary/aromatic N) is 1. The quantitative estimate of drug-likeness (QED) is 0.218. The van der Waals surface area contributed by atoms with Gasteiger partial charge < -0.3 is 28.7 Å². The number of rotatable bonds is 9. The van der Waals surface area contributed by atoms with Crippen LogP contribution in [0.1, 0.15) is 16.9 Å². The van der Waals surface area contributed by atoms with E-state index in [0.29, 0.717) is 5.69 Å². The fourth-order valence-corrected chi connectivity index (χ4v) is 5.19. The number of amides is 1. The van der Waals surface area contributed by atoms with Gasteiger partial charge in [-0.05, 0) is 43.7 Å². The third-order valence-electron chi connectivity index (χ3n) is 6.38. The number of benzene rings is 3. The molecule has 0 fully saturated rings. The number of nitrogens with one attached hydrogen (secondary N) is 2. The van der Waals surface area contributed by atoms with E-state index in [2.05, 4.69) is 15.2 Å². The second-order valence-electron chi connectivity index (χ2n) is 9.38. The molecule has 2 heterocycles. The molecule has 13 heteroatoms. The van der Waals surface area contributed by atoms with Crippen molar-refractivity contribution in [2.45, 2.75) is 25.2 Å². The van der Waals surface area contributed by atoms with Gasteiger partial charge >= 0.3 is 0 Å². The number of hydrogen-bond acceptors (Lipinski definition) is 10. The van der Waals surface area contributed by atoms with E-state index in [0.717, 1.165) is 17.2 Å². The lowest BCUT2D eigenvalue weighted by molar-refractivity contribution is -0.110. The molecule has 5 rings (SSSR count). The monoisotopic (exact) mass is 593 g/mol. The van der Waals surface area contributed by atoms with E-state index in [1.54, 1.807) is 30.3 Å². The van der Waals surface area contributed by atoms with Crippen molar-refractivity contribution in [1.82, 2.24) is 4.83 Å². The number of anilines is 1. The molecule has 0 atom stereocenters. The number of aryl methyl sites for hydroxylation is 2. The Labute approximate surface area is 240 Å². The lowest BCUT2D eigenvalue weighted by Crippen LogP contribution is -2.29. The van der Waals surface area contributed by atoms with Gasteiger partial charge in [0.25, 0.3) is 15.9 Å². The number of hydrazone groups is 1. The summed E-state index contributed by atoms with van der Waals surface area (Å²) in [6, 6.07) is 14.3. The molecule has 2 N–H and O–H groups in total. The molecule has 0 saturated heterocycles. The van der Waals surface area contributed by atoms with E-state index >= 15 is 0 Å². The van der Waals surface area contributed by atoms with Gasteiger partial charge in [0, 0.05) is 11.8 Å². The van der Waals surface area contributed by atoms with Crippen LogP contribution in [0.3, 0.4) is 0 Å². The number of fused-ring (bicyclic) bond motifs is 2. The maximum Gasteiger partial charge on any atom is 0.276 e. The highest BCUT2D eigenvalue weighted by atomic mass is 32.2. The summed E-state index contributed by atoms with van der Waals surface area (Å²) in [7, 11) is -1.38. The normalized spacial score (nSPS) is 12.7. The van der Waals surface area contributed by atoms with Crippen LogP contribution in [0.15, 0.2) is 73.8 Å². The molecule has 218 valence electrons. The molecular formula is C29H27N3O9S. The van der Waals surface area contributed by atoms with Crippen molar-refractivity contribution < 1.29 is 36.6 Å². The second kappa shape index (κ2) is 11.4. The first-order chi connectivity index (χ1) is 20.1. The van der Waals surface area contributed by atoms with Crippen LogP contribution in [-0.2, 0) is 21.2 Å². The highest BCUT2D eigenvalue weighted by molar-refractivity contribution is 7.89. The Morgan fingerprint density at radius 1 is 0.952 bits per heavy atom. The number of carbonyl (C=O) groups excluding carboxylic acids is 1. The van der Waals surface area contributed by atoms with Crippen LogP contribution in [0.2, 0.25) is 0 Å². The van der Waals surface area contributed by atoms with Gasteiger partial charge in [-0.25, -0.2) is 0 Å². The standard InChI is InChI=1S/C29H27N3O9S/c1-16-8-10-20(11-9-16)42(35,36)32-31-21(29(34)30-18-7-5-6-17(2)12-18)13-19-14-22(33)23-24(37-3)27-28(40-15-39-27)26(38-4)25(23)41-19/h5-12,14,32H,13,15H2,1-4H3,(H,30,34)/b31-21+. The Bertz CT molecular complexity index is 1880. The smallest absolute Gasteiger partial charge is 0.276 e. The molecule has 1 aliphatic rings. The van der Waals surface area contributed by atoms with Gasteiger partial charge in [0.1, 0.15) is 16.9 Å². The average molecular weight is 594 g/mol. The molecule has 0 bridgehead atoms. The number of ether oxygens (including phenoxy) is 4. The van der Waals surface area contributed by atoms with Crippen molar-refractivity contribution in [3.05, 3.63) is 81.7 Å². The SMILES string of the molecule is COc1c2c(c(OC)c3c(=O)cc(C/C(=N\NS(=O)(=O)c4ccc(C)cc4)C(=O)Nc4cccc(C)c4)oc13)OCO2. The molecule has 1 aromatic heterocycles. The minimum atomic E-state index is -4.12. The largest absolute Gasteiger partial charge is 0.492 e. The van der Waals surface area contributed by atoms with Crippen molar-refractivity contribution in [3.63, 3.8) is 0 Å². The third-order valence-corrected chi connectivity index (χ3v) is 7.60. The summed E-state index contributed by atoms with van der Waals surface area (Å²) in [5, 5.41) is 6.71. The zero-order valence-electron chi connectivity index (χ0n) is 23.1. The first-order valence-corrected chi connectivity index (χ1v) is 14.1. The molecule has 42 heavy (non-hydrogen) atoms. The van der Waals surface area contributed by atoms with Gasteiger partial charge in [-0.3, -0.25) is 9.59 Å². The zero-order chi connectivity index (χ0) is 30.0. The van der Waals surface area contributed by atoms with Gasteiger partial charge in [0.2, 0.25) is 24.0 Å². The molecule has 4 aromatic rings. The van der Waals surface area contributed by atoms with Crippen LogP contribution >= 0.6 is 0 Å². The van der Waals surface area contributed by atoms with E-state index in [-0.39, 0.29) is 63.5 Å². The molecule has 0 spiro atoms. The van der Waals surface area contributed by atoms with E-state index in [9.17, 15) is 18.0 Å². The van der Waals surface area contributed by atoms with Crippen LogP contribution in [0.4, 0.5) is 5.69 Å². The molecule has 1 amide bonds. The van der Waals surface area contributed by atoms with Crippen LogP contribution in [0.25, 0.3) is 11.0 Å². The first-order valence-electron chi connectivity index (χ1n) is 12.6. The maximum absolute atomic E-state index is 13.4. The number of sulfonamides is 1. The Kier molecular flexibility index (Phi) is 7.77. The summed E-state index contributed by atoms with van der Waals surface area (Å²) in [6.45, 7) is 3.57. The second-order valence-corrected chi connectivity index (χ2v) is 11.0. The summed E-state index contributed by atoms with van der Waals surface area (Å²) >= 11 is 0. The van der Waals surface area contributed by atoms with Crippen molar-refractivity contribution in [2.75, 3.05) is 26.3 Å². The van der Waals surface area contributed by atoms with E-state index in [4.69, 9.17) is 23.4 Å². The minimum Gasteiger partial charge on any atom is -0.492 e. The van der Waals surface area contributed by atoms with E-state index in [1.807, 2.05) is 19.9 Å². The Morgan fingerprint density at radius 2 is 1.64 bits per heavy atom. The molecule has 0 aliphatic carbocycles. The Balaban J connectivity index is 1.57. The fraction of sp³-hybridized carbons (Fsp3) is 0.207. The molecule has 12 nitrogen and oxygen atoms in total. The van der Waals surface area contributed by atoms with Gasteiger partial charge in [0.05, 0.1) is 25.5 Å². The van der Waals surface area contributed by atoms with Crippen LogP contribution in [0, 0.1) is 13.8 Å². The molecule has 3 aromatic carbocycles. The highest BCUT2D eigenvalue weighted by Gasteiger charge is 2.31. The summed E-state index contributed by atoms with van der Waals surface area (Å²) in [5.41, 5.74) is 1.44. The third kappa shape index (κ3) is 5.59. The summed E-state index contributed by atoms with van der Waals surface area (Å²) in [4.78, 5) is 28.8. The predicted octanol–water partition coefficient (Wildman–Crippen LogP) is 3.67. The number of methoxy groups -OCH3 is 2. The van der Waals surface area contributed by atoms with Crippen LogP contribution in [-0.4, -0.2) is 41.0 Å². The Morgan fingerprint density at radius 3 is 2.31 bits per heavy atom. The average Bonchev–Trinajstić information content (AvgIpc) is 3.44. The highest BCUT2D eigenvalue weighted by Crippen LogP contribution is 2.52. The van der Waals surface area contributed by atoms with Gasteiger partial charge in [-0.1, -0.05) is 29.8 Å². The number of carbonyl (C=O) groups is 1. The van der Waals surface area contributed by atoms with Crippen LogP contribution in [0.5, 0.6) is 23.0 Å². The first kappa shape index (κ1) is 28.5. The van der Waals surface area contributed by atoms with Crippen molar-refractivity contribution in [2.24, 2.45) is 5.10 Å². The zero-order valence-corrected chi connectivity index (χ0v) is 24.0. The van der Waals surface area contributed by atoms with Crippen molar-refractivity contribution >= 4 is 38.3 Å². The lowest BCUT2D eigenvalue weighted by Gasteiger charge is -2.14. The maximum atomic E-state index is 13.4. The summed E-state index contributed by atoms with van der Waals surface area (Å²) in [5.74, 6) is -0.119. The molecule has 0 saturated carbocycles. The molecule has 0 unspecified atom stereocenters. The fourth-order valence-electron chi connectivity index (χ4n) is 4.36. The van der Waals surface area contributed by atoms with Gasteiger partial charge in [-0.15, -0.1) is 0 Å². The van der Waals surface area contributed by atoms with Gasteiger partial charge in [0.15, 0.2) is 16.8 Å². The predicted molar refractivity (Wildman–Crippen MR) is 154 cm³/mol. The topological polar surface area (TPSA) is 155 Å². The van der Waals surface area contributed by atoms with E-state index < -0.39 is 21.4 Å². The molecule has 1 aliphatic heterocycles. The van der Waals surface area contributed by atoms with Crippen molar-refractivity contribution in [3.8, 4) is 23.0 Å². The van der Waals surface area contributed by atoms with E-state index in [1.165, 1.54) is 26.4 Å². The minimum absolute atomic E-state index is 0.000205. The molecule has 0 radical (unpaired) electrons.